The van der Waals surface area contributed by atoms with Gasteiger partial charge in [-0.3, -0.25) is 4.79 Å². The third-order valence-corrected chi connectivity index (χ3v) is 7.15. The molecule has 1 aliphatic rings. The molecule has 1 saturated heterocycles. The van der Waals surface area contributed by atoms with Gasteiger partial charge in [0.15, 0.2) is 6.61 Å². The lowest BCUT2D eigenvalue weighted by atomic mass is 10.0. The summed E-state index contributed by atoms with van der Waals surface area (Å²) in [5.41, 5.74) is 0.760. The second-order valence-corrected chi connectivity index (χ2v) is 9.17. The molecule has 1 fully saturated rings. The monoisotopic (exact) mass is 410 g/mol. The molecule has 1 amide bonds. The fraction of sp³-hybridized carbons (Fsp3) is 0.600. The Hall–Kier alpha value is -1.93. The molecule has 0 aliphatic carbocycles. The molecule has 0 bridgehead atoms. The number of rotatable bonds is 7. The maximum absolute atomic E-state index is 12.7. The molecule has 1 aliphatic heterocycles. The Bertz CT molecular complexity index is 818. The zero-order valence-corrected chi connectivity index (χ0v) is 17.9. The summed E-state index contributed by atoms with van der Waals surface area (Å²) >= 11 is 0. The van der Waals surface area contributed by atoms with Crippen LogP contribution >= 0.6 is 0 Å². The molecule has 0 saturated carbocycles. The molecular weight excluding hydrogens is 380 g/mol. The van der Waals surface area contributed by atoms with Crippen LogP contribution in [0, 0.1) is 12.8 Å². The van der Waals surface area contributed by atoms with Gasteiger partial charge in [-0.25, -0.2) is 13.2 Å². The molecule has 1 aromatic rings. The van der Waals surface area contributed by atoms with Crippen molar-refractivity contribution in [3.63, 3.8) is 0 Å². The van der Waals surface area contributed by atoms with Crippen molar-refractivity contribution in [1.82, 2.24) is 9.21 Å². The van der Waals surface area contributed by atoms with Gasteiger partial charge in [0.1, 0.15) is 0 Å². The Labute approximate surface area is 167 Å². The molecule has 2 rings (SSSR count). The van der Waals surface area contributed by atoms with Crippen molar-refractivity contribution < 1.29 is 22.7 Å². The van der Waals surface area contributed by atoms with Gasteiger partial charge in [-0.1, -0.05) is 26.8 Å². The summed E-state index contributed by atoms with van der Waals surface area (Å²) in [5, 5.41) is 0. The second kappa shape index (κ2) is 9.52. The van der Waals surface area contributed by atoms with Crippen LogP contribution in [0.2, 0.25) is 0 Å². The Balaban J connectivity index is 2.12. The lowest BCUT2D eigenvalue weighted by Gasteiger charge is -2.30. The van der Waals surface area contributed by atoms with Gasteiger partial charge in [0.2, 0.25) is 10.0 Å². The number of ether oxygens (including phenoxy) is 1. The van der Waals surface area contributed by atoms with E-state index in [9.17, 15) is 18.0 Å². The van der Waals surface area contributed by atoms with Gasteiger partial charge in [0.25, 0.3) is 5.91 Å². The maximum Gasteiger partial charge on any atom is 0.338 e. The Morgan fingerprint density at radius 2 is 1.93 bits per heavy atom. The highest BCUT2D eigenvalue weighted by atomic mass is 32.2. The van der Waals surface area contributed by atoms with Crippen molar-refractivity contribution in [3.05, 3.63) is 29.3 Å². The average Bonchev–Trinajstić information content (AvgIpc) is 2.66. The second-order valence-electron chi connectivity index (χ2n) is 7.23. The first-order valence-electron chi connectivity index (χ1n) is 9.76. The zero-order valence-electron chi connectivity index (χ0n) is 17.1. The van der Waals surface area contributed by atoms with Crippen LogP contribution in [-0.2, 0) is 19.6 Å². The zero-order chi connectivity index (χ0) is 20.9. The molecule has 28 heavy (non-hydrogen) atoms. The van der Waals surface area contributed by atoms with E-state index in [1.54, 1.807) is 31.7 Å². The van der Waals surface area contributed by atoms with Gasteiger partial charge in [0.05, 0.1) is 10.5 Å². The maximum atomic E-state index is 12.7. The van der Waals surface area contributed by atoms with Gasteiger partial charge >= 0.3 is 5.97 Å². The minimum atomic E-state index is -3.68. The van der Waals surface area contributed by atoms with Crippen LogP contribution in [0.1, 0.15) is 49.5 Å². The van der Waals surface area contributed by atoms with Crippen molar-refractivity contribution >= 4 is 21.9 Å². The number of nitrogens with zero attached hydrogens (tertiary/aromatic N) is 2. The first kappa shape index (κ1) is 22.4. The molecule has 0 radical (unpaired) electrons. The number of hydrogen-bond acceptors (Lipinski definition) is 5. The molecule has 1 aromatic carbocycles. The molecule has 8 heteroatoms. The third-order valence-electron chi connectivity index (χ3n) is 5.11. The minimum absolute atomic E-state index is 0.0462. The highest BCUT2D eigenvalue weighted by Crippen LogP contribution is 2.21. The van der Waals surface area contributed by atoms with Crippen LogP contribution in [0.4, 0.5) is 0 Å². The van der Waals surface area contributed by atoms with Crippen LogP contribution in [0.15, 0.2) is 23.1 Å². The van der Waals surface area contributed by atoms with Crippen LogP contribution in [0.25, 0.3) is 0 Å². The first-order chi connectivity index (χ1) is 13.2. The highest BCUT2D eigenvalue weighted by Gasteiger charge is 2.25. The number of aryl methyl sites for hydroxylation is 1. The Morgan fingerprint density at radius 1 is 1.25 bits per heavy atom. The standard InChI is InChI=1S/C20H30N2O5S/c1-5-22(6-2)28(25,26)17-10-9-16(4)18(12-17)20(24)27-14-19(23)21-11-7-8-15(3)13-21/h9-10,12,15H,5-8,11,13-14H2,1-4H3/t15-/m0/s1. The number of carbonyl (C=O) groups is 2. The highest BCUT2D eigenvalue weighted by molar-refractivity contribution is 7.89. The third kappa shape index (κ3) is 5.11. The van der Waals surface area contributed by atoms with E-state index in [4.69, 9.17) is 4.74 Å². The number of carbonyl (C=O) groups excluding carboxylic acids is 2. The van der Waals surface area contributed by atoms with Gasteiger partial charge in [-0.2, -0.15) is 4.31 Å². The average molecular weight is 411 g/mol. The summed E-state index contributed by atoms with van der Waals surface area (Å²) in [7, 11) is -3.68. The first-order valence-corrected chi connectivity index (χ1v) is 11.2. The number of piperidine rings is 1. The summed E-state index contributed by atoms with van der Waals surface area (Å²) in [6, 6.07) is 4.40. The number of benzene rings is 1. The van der Waals surface area contributed by atoms with Crippen LogP contribution in [0.3, 0.4) is 0 Å². The lowest BCUT2D eigenvalue weighted by Crippen LogP contribution is -2.41. The summed E-state index contributed by atoms with van der Waals surface area (Å²) in [4.78, 5) is 26.6. The van der Waals surface area contributed by atoms with Crippen molar-refractivity contribution in [2.75, 3.05) is 32.8 Å². The predicted octanol–water partition coefficient (Wildman–Crippen LogP) is 2.44. The molecular formula is C20H30N2O5S. The van der Waals surface area contributed by atoms with Crippen LogP contribution in [-0.4, -0.2) is 62.3 Å². The van der Waals surface area contributed by atoms with Gasteiger partial charge in [0, 0.05) is 26.2 Å². The quantitative estimate of drug-likeness (QED) is 0.645. The molecule has 0 aromatic heterocycles. The molecule has 7 nitrogen and oxygen atoms in total. The van der Waals surface area contributed by atoms with Gasteiger partial charge in [-0.15, -0.1) is 0 Å². The van der Waals surface area contributed by atoms with E-state index in [0.29, 0.717) is 37.7 Å². The molecule has 0 N–H and O–H groups in total. The van der Waals surface area contributed by atoms with E-state index >= 15 is 0 Å². The topological polar surface area (TPSA) is 84.0 Å². The number of hydrogen-bond donors (Lipinski definition) is 0. The van der Waals surface area contributed by atoms with Crippen LogP contribution in [0.5, 0.6) is 0 Å². The molecule has 1 heterocycles. The van der Waals surface area contributed by atoms with E-state index < -0.39 is 16.0 Å². The molecule has 0 unspecified atom stereocenters. The van der Waals surface area contributed by atoms with Gasteiger partial charge < -0.3 is 9.64 Å². The predicted molar refractivity (Wildman–Crippen MR) is 107 cm³/mol. The normalized spacial score (nSPS) is 17.6. The Morgan fingerprint density at radius 3 is 2.54 bits per heavy atom. The summed E-state index contributed by atoms with van der Waals surface area (Å²) in [6.45, 7) is 9.02. The summed E-state index contributed by atoms with van der Waals surface area (Å²) in [6.07, 6.45) is 2.04. The fourth-order valence-electron chi connectivity index (χ4n) is 3.41. The minimum Gasteiger partial charge on any atom is -0.452 e. The largest absolute Gasteiger partial charge is 0.452 e. The van der Waals surface area contributed by atoms with E-state index in [-0.39, 0.29) is 23.0 Å². The van der Waals surface area contributed by atoms with E-state index in [1.807, 2.05) is 0 Å². The summed E-state index contributed by atoms with van der Waals surface area (Å²) in [5.74, 6) is -0.463. The number of esters is 1. The molecule has 156 valence electrons. The fourth-order valence-corrected chi connectivity index (χ4v) is 4.89. The van der Waals surface area contributed by atoms with Crippen LogP contribution < -0.4 is 0 Å². The number of amides is 1. The number of sulfonamides is 1. The molecule has 1 atom stereocenters. The van der Waals surface area contributed by atoms with E-state index in [0.717, 1.165) is 12.8 Å². The number of likely N-dealkylation sites (tertiary alicyclic amines) is 1. The SMILES string of the molecule is CCN(CC)S(=O)(=O)c1ccc(C)c(C(=O)OCC(=O)N2CCC[C@H](C)C2)c1. The lowest BCUT2D eigenvalue weighted by molar-refractivity contribution is -0.136. The van der Waals surface area contributed by atoms with Crippen molar-refractivity contribution in [1.29, 1.82) is 0 Å². The molecule has 0 spiro atoms. The van der Waals surface area contributed by atoms with E-state index in [2.05, 4.69) is 6.92 Å². The van der Waals surface area contributed by atoms with E-state index in [1.165, 1.54) is 16.4 Å². The smallest absolute Gasteiger partial charge is 0.338 e. The summed E-state index contributed by atoms with van der Waals surface area (Å²) < 4.78 is 31.9. The van der Waals surface area contributed by atoms with Gasteiger partial charge in [-0.05, 0) is 43.4 Å². The van der Waals surface area contributed by atoms with Crippen molar-refractivity contribution in [2.45, 2.75) is 45.4 Å². The Kier molecular flexibility index (Phi) is 7.60. The van der Waals surface area contributed by atoms with Crippen molar-refractivity contribution in [2.24, 2.45) is 5.92 Å². The van der Waals surface area contributed by atoms with Crippen molar-refractivity contribution in [3.8, 4) is 0 Å².